The molecule has 13 heavy (non-hydrogen) atoms. The van der Waals surface area contributed by atoms with Crippen LogP contribution < -0.4 is 0 Å². The molecule has 0 atom stereocenters. The van der Waals surface area contributed by atoms with E-state index in [0.29, 0.717) is 4.68 Å². The standard InChI is InChI=1S/C9H8BrN3/c1-7-4-12-13(6-7)8-2-3-9(10)11-5-8/h2-6H,1H3/i1D3,2D,3D,4D,5D,6D. The second kappa shape index (κ2) is 3.30. The van der Waals surface area contributed by atoms with Crippen molar-refractivity contribution in [2.75, 3.05) is 0 Å². The van der Waals surface area contributed by atoms with E-state index in [1.54, 1.807) is 0 Å². The van der Waals surface area contributed by atoms with Gasteiger partial charge in [-0.3, -0.25) is 0 Å². The molecule has 0 amide bonds. The molecule has 0 aliphatic carbocycles. The molecule has 0 fully saturated rings. The zero-order valence-corrected chi connectivity index (χ0v) is 7.81. The first-order chi connectivity index (χ1) is 9.55. The van der Waals surface area contributed by atoms with Gasteiger partial charge < -0.3 is 0 Å². The molecule has 2 aromatic heterocycles. The Morgan fingerprint density at radius 3 is 3.23 bits per heavy atom. The van der Waals surface area contributed by atoms with E-state index in [0.717, 1.165) is 0 Å². The van der Waals surface area contributed by atoms with Crippen LogP contribution in [0, 0.1) is 6.85 Å². The van der Waals surface area contributed by atoms with Crippen LogP contribution in [0.25, 0.3) is 5.69 Å². The van der Waals surface area contributed by atoms with Crippen LogP contribution in [0.2, 0.25) is 0 Å². The van der Waals surface area contributed by atoms with Crippen molar-refractivity contribution in [1.29, 1.82) is 0 Å². The van der Waals surface area contributed by atoms with Crippen molar-refractivity contribution < 1.29 is 11.0 Å². The molecule has 2 rings (SSSR count). The van der Waals surface area contributed by atoms with Gasteiger partial charge in [0.15, 0.2) is 0 Å². The summed E-state index contributed by atoms with van der Waals surface area (Å²) in [7, 11) is 0. The average molecular weight is 246 g/mol. The van der Waals surface area contributed by atoms with Crippen LogP contribution >= 0.6 is 15.9 Å². The molecule has 0 spiro atoms. The Morgan fingerprint density at radius 1 is 1.54 bits per heavy atom. The quantitative estimate of drug-likeness (QED) is 0.723. The molecule has 2 heterocycles. The summed E-state index contributed by atoms with van der Waals surface area (Å²) in [5, 5.41) is 3.60. The van der Waals surface area contributed by atoms with Gasteiger partial charge in [-0.15, -0.1) is 0 Å². The van der Waals surface area contributed by atoms with Gasteiger partial charge in [-0.1, -0.05) is 0 Å². The van der Waals surface area contributed by atoms with Crippen LogP contribution in [0.5, 0.6) is 0 Å². The maximum absolute atomic E-state index is 7.83. The maximum atomic E-state index is 7.83. The fourth-order valence-corrected chi connectivity index (χ4v) is 0.919. The van der Waals surface area contributed by atoms with Crippen molar-refractivity contribution in [1.82, 2.24) is 14.8 Å². The molecule has 0 saturated heterocycles. The average Bonchev–Trinajstić information content (AvgIpc) is 2.61. The summed E-state index contributed by atoms with van der Waals surface area (Å²) in [5.41, 5.74) is -0.882. The zero-order valence-electron chi connectivity index (χ0n) is 14.2. The first-order valence-corrected chi connectivity index (χ1v) is 4.05. The van der Waals surface area contributed by atoms with Gasteiger partial charge >= 0.3 is 0 Å². The second-order valence-corrected chi connectivity index (χ2v) is 2.87. The number of hydrogen-bond donors (Lipinski definition) is 0. The number of hydrogen-bond acceptors (Lipinski definition) is 2. The van der Waals surface area contributed by atoms with Crippen molar-refractivity contribution in [3.8, 4) is 5.69 Å². The smallest absolute Gasteiger partial charge is 0.106 e. The lowest BCUT2D eigenvalue weighted by Crippen LogP contribution is -1.94. The number of halogens is 1. The summed E-state index contributed by atoms with van der Waals surface area (Å²) in [4.78, 5) is 3.68. The molecule has 0 radical (unpaired) electrons. The first kappa shape index (κ1) is 3.20. The Hall–Kier alpha value is -1.16. The zero-order chi connectivity index (χ0) is 16.1. The predicted molar refractivity (Wildman–Crippen MR) is 53.8 cm³/mol. The van der Waals surface area contributed by atoms with Crippen LogP contribution in [0.15, 0.2) is 35.2 Å². The Kier molecular flexibility index (Phi) is 0.813. The Balaban J connectivity index is 2.79. The summed E-state index contributed by atoms with van der Waals surface area (Å²) in [6.07, 6.45) is -1.70. The third kappa shape index (κ3) is 1.78. The largest absolute Gasteiger partial charge is 0.247 e. The summed E-state index contributed by atoms with van der Waals surface area (Å²) in [5.74, 6) is 0. The topological polar surface area (TPSA) is 30.7 Å². The molecule has 0 unspecified atom stereocenters. The molecular weight excluding hydrogens is 230 g/mol. The van der Waals surface area contributed by atoms with Crippen LogP contribution in [-0.2, 0) is 0 Å². The number of aromatic nitrogens is 3. The normalized spacial score (nSPS) is 20.1. The van der Waals surface area contributed by atoms with Crippen molar-refractivity contribution in [2.24, 2.45) is 0 Å². The van der Waals surface area contributed by atoms with Gasteiger partial charge in [-0.2, -0.15) is 5.10 Å². The van der Waals surface area contributed by atoms with Gasteiger partial charge in [0.05, 0.1) is 24.9 Å². The molecular formula is C9H8BrN3. The van der Waals surface area contributed by atoms with Gasteiger partial charge in [0.2, 0.25) is 0 Å². The van der Waals surface area contributed by atoms with E-state index in [1.807, 2.05) is 0 Å². The van der Waals surface area contributed by atoms with Crippen LogP contribution in [0.1, 0.15) is 16.5 Å². The van der Waals surface area contributed by atoms with E-state index >= 15 is 0 Å². The molecule has 0 aliphatic rings. The highest BCUT2D eigenvalue weighted by Gasteiger charge is 1.97. The molecule has 2 aromatic rings. The third-order valence-corrected chi connectivity index (χ3v) is 1.61. The SMILES string of the molecule is [2H]c1nc(Br)c([2H])c([2H])c1-n1nc([2H])c(C([2H])([2H])[2H])c1[2H]. The highest BCUT2D eigenvalue weighted by Crippen LogP contribution is 2.10. The lowest BCUT2D eigenvalue weighted by atomic mass is 10.4. The maximum Gasteiger partial charge on any atom is 0.106 e. The van der Waals surface area contributed by atoms with Crippen molar-refractivity contribution in [2.45, 2.75) is 6.85 Å². The van der Waals surface area contributed by atoms with Crippen LogP contribution in [0.3, 0.4) is 0 Å². The summed E-state index contributed by atoms with van der Waals surface area (Å²) in [6, 6.07) is -0.757. The monoisotopic (exact) mass is 245 g/mol. The van der Waals surface area contributed by atoms with E-state index in [1.165, 1.54) is 0 Å². The van der Waals surface area contributed by atoms with Gasteiger partial charge in [-0.25, -0.2) is 9.67 Å². The fourth-order valence-electron chi connectivity index (χ4n) is 0.731. The molecule has 4 heteroatoms. The number of pyridine rings is 1. The minimum absolute atomic E-state index is 0.0120. The van der Waals surface area contributed by atoms with Crippen molar-refractivity contribution in [3.05, 3.63) is 40.8 Å². The van der Waals surface area contributed by atoms with Gasteiger partial charge in [0.25, 0.3) is 0 Å². The second-order valence-electron chi connectivity index (χ2n) is 2.12. The molecule has 0 bridgehead atoms. The molecule has 0 aromatic carbocycles. The molecule has 0 aliphatic heterocycles. The first-order valence-electron chi connectivity index (χ1n) is 7.26. The summed E-state index contributed by atoms with van der Waals surface area (Å²) < 4.78 is 61.2. The predicted octanol–water partition coefficient (Wildman–Crippen LogP) is 2.34. The van der Waals surface area contributed by atoms with E-state index in [-0.39, 0.29) is 16.3 Å². The van der Waals surface area contributed by atoms with Gasteiger partial charge in [0, 0.05) is 10.3 Å². The Bertz CT molecular complexity index is 723. The van der Waals surface area contributed by atoms with Gasteiger partial charge in [0.1, 0.15) is 4.60 Å². The minimum atomic E-state index is -2.70. The third-order valence-electron chi connectivity index (χ3n) is 1.24. The van der Waals surface area contributed by atoms with Crippen LogP contribution in [0.4, 0.5) is 0 Å². The molecule has 0 N–H and O–H groups in total. The summed E-state index contributed by atoms with van der Waals surface area (Å²) in [6.45, 7) is -2.70. The highest BCUT2D eigenvalue weighted by atomic mass is 79.9. The highest BCUT2D eigenvalue weighted by molar-refractivity contribution is 9.10. The summed E-state index contributed by atoms with van der Waals surface area (Å²) >= 11 is 2.93. The van der Waals surface area contributed by atoms with E-state index in [4.69, 9.17) is 11.0 Å². The van der Waals surface area contributed by atoms with E-state index < -0.39 is 37.0 Å². The number of nitrogens with zero attached hydrogens (tertiary/aromatic N) is 3. The molecule has 3 nitrogen and oxygen atoms in total. The molecule has 66 valence electrons. The lowest BCUT2D eigenvalue weighted by molar-refractivity contribution is 0.872. The van der Waals surface area contributed by atoms with Crippen molar-refractivity contribution in [3.63, 3.8) is 0 Å². The van der Waals surface area contributed by atoms with Crippen LogP contribution in [-0.4, -0.2) is 14.8 Å². The minimum Gasteiger partial charge on any atom is -0.247 e. The Labute approximate surface area is 95.8 Å². The number of rotatable bonds is 1. The molecule has 0 saturated carbocycles. The lowest BCUT2D eigenvalue weighted by Gasteiger charge is -1.99. The van der Waals surface area contributed by atoms with Gasteiger partial charge in [-0.05, 0) is 40.4 Å². The fraction of sp³-hybridized carbons (Fsp3) is 0.111. The van der Waals surface area contributed by atoms with E-state index in [9.17, 15) is 0 Å². The van der Waals surface area contributed by atoms with E-state index in [2.05, 4.69) is 26.0 Å². The van der Waals surface area contributed by atoms with Crippen molar-refractivity contribution >= 4 is 15.9 Å². The Morgan fingerprint density at radius 2 is 2.46 bits per heavy atom.